The SMILES string of the molecule is C/C=C\CCC1N=C(N)CN1C. The third-order valence-electron chi connectivity index (χ3n) is 2.06. The second-order valence-corrected chi connectivity index (χ2v) is 3.16. The normalized spacial score (nSPS) is 25.2. The number of amidine groups is 1. The van der Waals surface area contributed by atoms with E-state index >= 15 is 0 Å². The number of aliphatic imine (C=N–C) groups is 1. The van der Waals surface area contributed by atoms with Gasteiger partial charge in [-0.25, -0.2) is 0 Å². The Labute approximate surface area is 74.0 Å². The van der Waals surface area contributed by atoms with Crippen molar-refractivity contribution in [2.45, 2.75) is 25.9 Å². The molecule has 0 amide bonds. The lowest BCUT2D eigenvalue weighted by molar-refractivity contribution is 0.293. The van der Waals surface area contributed by atoms with Gasteiger partial charge in [0, 0.05) is 0 Å². The fourth-order valence-corrected chi connectivity index (χ4v) is 1.39. The molecule has 12 heavy (non-hydrogen) atoms. The topological polar surface area (TPSA) is 41.6 Å². The summed E-state index contributed by atoms with van der Waals surface area (Å²) in [5.74, 6) is 0.767. The van der Waals surface area contributed by atoms with Crippen LogP contribution in [0, 0.1) is 0 Å². The summed E-state index contributed by atoms with van der Waals surface area (Å²) < 4.78 is 0. The first-order chi connectivity index (χ1) is 5.74. The highest BCUT2D eigenvalue weighted by atomic mass is 15.3. The van der Waals surface area contributed by atoms with Crippen LogP contribution in [0.3, 0.4) is 0 Å². The minimum absolute atomic E-state index is 0.307. The van der Waals surface area contributed by atoms with Crippen molar-refractivity contribution < 1.29 is 0 Å². The molecular formula is C9H17N3. The Kier molecular flexibility index (Phi) is 3.29. The van der Waals surface area contributed by atoms with Crippen molar-refractivity contribution in [3.8, 4) is 0 Å². The molecule has 0 bridgehead atoms. The van der Waals surface area contributed by atoms with Crippen molar-refractivity contribution in [3.05, 3.63) is 12.2 Å². The smallest absolute Gasteiger partial charge is 0.110 e. The molecule has 0 aliphatic carbocycles. The molecule has 2 N–H and O–H groups in total. The first-order valence-electron chi connectivity index (χ1n) is 4.37. The molecule has 68 valence electrons. The summed E-state index contributed by atoms with van der Waals surface area (Å²) in [4.78, 5) is 6.51. The van der Waals surface area contributed by atoms with Gasteiger partial charge in [-0.3, -0.25) is 9.89 Å². The second kappa shape index (κ2) is 4.26. The van der Waals surface area contributed by atoms with Gasteiger partial charge in [0.1, 0.15) is 12.0 Å². The van der Waals surface area contributed by atoms with E-state index in [0.717, 1.165) is 25.2 Å². The van der Waals surface area contributed by atoms with E-state index in [0.29, 0.717) is 6.17 Å². The van der Waals surface area contributed by atoms with Crippen LogP contribution in [0.5, 0.6) is 0 Å². The summed E-state index contributed by atoms with van der Waals surface area (Å²) in [7, 11) is 2.06. The monoisotopic (exact) mass is 167 g/mol. The average molecular weight is 167 g/mol. The lowest BCUT2D eigenvalue weighted by Gasteiger charge is -2.15. The lowest BCUT2D eigenvalue weighted by Crippen LogP contribution is -2.28. The fourth-order valence-electron chi connectivity index (χ4n) is 1.39. The third kappa shape index (κ3) is 2.34. The van der Waals surface area contributed by atoms with Crippen LogP contribution in [0.25, 0.3) is 0 Å². The first kappa shape index (κ1) is 9.26. The first-order valence-corrected chi connectivity index (χ1v) is 4.37. The highest BCUT2D eigenvalue weighted by Gasteiger charge is 2.19. The van der Waals surface area contributed by atoms with Gasteiger partial charge >= 0.3 is 0 Å². The number of hydrogen-bond donors (Lipinski definition) is 1. The van der Waals surface area contributed by atoms with Crippen molar-refractivity contribution >= 4 is 5.84 Å². The Morgan fingerprint density at radius 3 is 3.00 bits per heavy atom. The molecule has 0 aromatic carbocycles. The number of likely N-dealkylation sites (N-methyl/N-ethyl adjacent to an activating group) is 1. The zero-order valence-corrected chi connectivity index (χ0v) is 7.83. The molecule has 0 aromatic heterocycles. The molecule has 3 nitrogen and oxygen atoms in total. The number of nitrogens with two attached hydrogens (primary N) is 1. The minimum atomic E-state index is 0.307. The number of rotatable bonds is 3. The summed E-state index contributed by atoms with van der Waals surface area (Å²) in [6.45, 7) is 2.86. The highest BCUT2D eigenvalue weighted by Crippen LogP contribution is 2.11. The quantitative estimate of drug-likeness (QED) is 0.636. The van der Waals surface area contributed by atoms with Crippen molar-refractivity contribution in [1.82, 2.24) is 4.90 Å². The highest BCUT2D eigenvalue weighted by molar-refractivity contribution is 5.83. The van der Waals surface area contributed by atoms with Crippen molar-refractivity contribution in [2.24, 2.45) is 10.7 Å². The van der Waals surface area contributed by atoms with E-state index in [9.17, 15) is 0 Å². The van der Waals surface area contributed by atoms with Gasteiger partial charge in [-0.05, 0) is 26.8 Å². The van der Waals surface area contributed by atoms with Gasteiger partial charge in [-0.1, -0.05) is 12.2 Å². The summed E-state index contributed by atoms with van der Waals surface area (Å²) >= 11 is 0. The minimum Gasteiger partial charge on any atom is -0.386 e. The molecule has 1 aliphatic rings. The Bertz CT molecular complexity index is 196. The molecule has 3 heteroatoms. The van der Waals surface area contributed by atoms with Gasteiger partial charge in [0.2, 0.25) is 0 Å². The van der Waals surface area contributed by atoms with E-state index in [1.165, 1.54) is 0 Å². The zero-order chi connectivity index (χ0) is 8.97. The predicted molar refractivity (Wildman–Crippen MR) is 52.1 cm³/mol. The molecule has 0 saturated heterocycles. The van der Waals surface area contributed by atoms with E-state index in [1.807, 2.05) is 6.92 Å². The predicted octanol–water partition coefficient (Wildman–Crippen LogP) is 0.971. The van der Waals surface area contributed by atoms with Crippen molar-refractivity contribution in [2.75, 3.05) is 13.6 Å². The maximum absolute atomic E-state index is 5.61. The molecule has 1 atom stereocenters. The van der Waals surface area contributed by atoms with Gasteiger partial charge in [0.25, 0.3) is 0 Å². The molecule has 0 fully saturated rings. The van der Waals surface area contributed by atoms with Crippen LogP contribution in [0.4, 0.5) is 0 Å². The summed E-state index contributed by atoms with van der Waals surface area (Å²) in [6.07, 6.45) is 6.70. The van der Waals surface area contributed by atoms with Gasteiger partial charge in [-0.15, -0.1) is 0 Å². The number of hydrogen-bond acceptors (Lipinski definition) is 3. The van der Waals surface area contributed by atoms with Crippen molar-refractivity contribution in [1.29, 1.82) is 0 Å². The standard InChI is InChI=1S/C9H17N3/c1-3-4-5-6-9-11-8(10)7-12(9)2/h3-4,9H,5-7H2,1-2H3,(H2,10,11)/b4-3-. The van der Waals surface area contributed by atoms with Crippen LogP contribution in [-0.2, 0) is 0 Å². The lowest BCUT2D eigenvalue weighted by atomic mass is 10.2. The fraction of sp³-hybridized carbons (Fsp3) is 0.667. The van der Waals surface area contributed by atoms with E-state index < -0.39 is 0 Å². The van der Waals surface area contributed by atoms with Crippen molar-refractivity contribution in [3.63, 3.8) is 0 Å². The van der Waals surface area contributed by atoms with Gasteiger partial charge < -0.3 is 5.73 Å². The summed E-state index contributed by atoms with van der Waals surface area (Å²) in [5.41, 5.74) is 5.61. The Morgan fingerprint density at radius 2 is 2.50 bits per heavy atom. The molecule has 1 aliphatic heterocycles. The zero-order valence-electron chi connectivity index (χ0n) is 7.83. The molecule has 1 heterocycles. The van der Waals surface area contributed by atoms with Crippen LogP contribution in [0.15, 0.2) is 17.1 Å². The summed E-state index contributed by atoms with van der Waals surface area (Å²) in [5, 5.41) is 0. The molecule has 0 saturated carbocycles. The van der Waals surface area contributed by atoms with Gasteiger partial charge in [0.05, 0.1) is 6.54 Å². The van der Waals surface area contributed by atoms with Crippen LogP contribution >= 0.6 is 0 Å². The molecule has 1 unspecified atom stereocenters. The largest absolute Gasteiger partial charge is 0.386 e. The van der Waals surface area contributed by atoms with E-state index in [1.54, 1.807) is 0 Å². The van der Waals surface area contributed by atoms with Crippen LogP contribution < -0.4 is 5.73 Å². The van der Waals surface area contributed by atoms with Crippen LogP contribution in [-0.4, -0.2) is 30.5 Å². The molecule has 0 radical (unpaired) electrons. The Balaban J connectivity index is 2.32. The van der Waals surface area contributed by atoms with E-state index in [-0.39, 0.29) is 0 Å². The average Bonchev–Trinajstić information content (AvgIpc) is 2.31. The molecule has 0 aromatic rings. The molecule has 1 rings (SSSR count). The van der Waals surface area contributed by atoms with Gasteiger partial charge in [0.15, 0.2) is 0 Å². The maximum Gasteiger partial charge on any atom is 0.110 e. The maximum atomic E-state index is 5.61. The van der Waals surface area contributed by atoms with E-state index in [4.69, 9.17) is 5.73 Å². The second-order valence-electron chi connectivity index (χ2n) is 3.16. The van der Waals surface area contributed by atoms with Crippen LogP contribution in [0.1, 0.15) is 19.8 Å². The van der Waals surface area contributed by atoms with E-state index in [2.05, 4.69) is 29.1 Å². The van der Waals surface area contributed by atoms with Crippen LogP contribution in [0.2, 0.25) is 0 Å². The third-order valence-corrected chi connectivity index (χ3v) is 2.06. The summed E-state index contributed by atoms with van der Waals surface area (Å²) in [6, 6.07) is 0. The molecule has 0 spiro atoms. The number of nitrogens with zero attached hydrogens (tertiary/aromatic N) is 2. The Morgan fingerprint density at radius 1 is 1.75 bits per heavy atom. The number of allylic oxidation sites excluding steroid dienone is 2. The molecular weight excluding hydrogens is 150 g/mol. The van der Waals surface area contributed by atoms with Gasteiger partial charge in [-0.2, -0.15) is 0 Å². The Hall–Kier alpha value is -0.830.